The molecule has 2 N–H and O–H groups in total. The molecule has 0 bridgehead atoms. The number of primary amides is 1. The van der Waals surface area contributed by atoms with Crippen molar-refractivity contribution < 1.29 is 14.3 Å². The Hall–Kier alpha value is -2.50. The topological polar surface area (TPSA) is 79.4 Å². The van der Waals surface area contributed by atoms with Crippen molar-refractivity contribution >= 4 is 5.91 Å². The van der Waals surface area contributed by atoms with Crippen LogP contribution >= 0.6 is 0 Å². The minimum atomic E-state index is -0.656. The lowest BCUT2D eigenvalue weighted by Gasteiger charge is -2.12. The van der Waals surface area contributed by atoms with E-state index in [1.54, 1.807) is 31.2 Å². The van der Waals surface area contributed by atoms with Gasteiger partial charge in [-0.3, -0.25) is 9.48 Å². The SMILES string of the molecule is C[C@H](Oc1ccc(OCc2ccn(C3CCCC3)n2)cc1)C(N)=O. The van der Waals surface area contributed by atoms with Gasteiger partial charge in [-0.2, -0.15) is 5.10 Å². The lowest BCUT2D eigenvalue weighted by molar-refractivity contribution is -0.123. The molecule has 0 spiro atoms. The van der Waals surface area contributed by atoms with Gasteiger partial charge in [-0.1, -0.05) is 12.8 Å². The third-order valence-corrected chi connectivity index (χ3v) is 4.29. The number of nitrogens with zero attached hydrogens (tertiary/aromatic N) is 2. The molecule has 128 valence electrons. The van der Waals surface area contributed by atoms with Crippen LogP contribution in [0.1, 0.15) is 44.3 Å². The van der Waals surface area contributed by atoms with E-state index in [0.717, 1.165) is 11.4 Å². The molecule has 1 aliphatic carbocycles. The first-order valence-electron chi connectivity index (χ1n) is 8.34. The fourth-order valence-electron chi connectivity index (χ4n) is 2.86. The van der Waals surface area contributed by atoms with Gasteiger partial charge < -0.3 is 15.2 Å². The van der Waals surface area contributed by atoms with E-state index < -0.39 is 12.0 Å². The van der Waals surface area contributed by atoms with Crippen LogP contribution in [0.15, 0.2) is 36.5 Å². The summed E-state index contributed by atoms with van der Waals surface area (Å²) in [5, 5.41) is 4.60. The van der Waals surface area contributed by atoms with Crippen LogP contribution in [0, 0.1) is 0 Å². The molecule has 1 aromatic heterocycles. The van der Waals surface area contributed by atoms with Crippen LogP contribution in [-0.2, 0) is 11.4 Å². The van der Waals surface area contributed by atoms with Gasteiger partial charge in [0, 0.05) is 6.20 Å². The van der Waals surface area contributed by atoms with Gasteiger partial charge in [-0.15, -0.1) is 0 Å². The number of nitrogens with two attached hydrogens (primary N) is 1. The van der Waals surface area contributed by atoms with Gasteiger partial charge in [0.15, 0.2) is 6.10 Å². The van der Waals surface area contributed by atoms with Gasteiger partial charge in [-0.05, 0) is 50.1 Å². The molecule has 1 amide bonds. The molecule has 3 rings (SSSR count). The molecule has 0 radical (unpaired) electrons. The second-order valence-electron chi connectivity index (χ2n) is 6.15. The lowest BCUT2D eigenvalue weighted by Crippen LogP contribution is -2.30. The summed E-state index contributed by atoms with van der Waals surface area (Å²) < 4.78 is 13.2. The highest BCUT2D eigenvalue weighted by Crippen LogP contribution is 2.28. The van der Waals surface area contributed by atoms with Crippen LogP contribution in [0.3, 0.4) is 0 Å². The Bertz CT molecular complexity index is 675. The Morgan fingerprint density at radius 3 is 2.58 bits per heavy atom. The van der Waals surface area contributed by atoms with E-state index in [4.69, 9.17) is 15.2 Å². The first-order valence-corrected chi connectivity index (χ1v) is 8.34. The first kappa shape index (κ1) is 16.4. The average molecular weight is 329 g/mol. The van der Waals surface area contributed by atoms with E-state index >= 15 is 0 Å². The second kappa shape index (κ2) is 7.38. The normalized spacial score (nSPS) is 16.0. The number of hydrogen-bond acceptors (Lipinski definition) is 4. The molecule has 1 saturated carbocycles. The summed E-state index contributed by atoms with van der Waals surface area (Å²) in [6.45, 7) is 2.05. The zero-order chi connectivity index (χ0) is 16.9. The fourth-order valence-corrected chi connectivity index (χ4v) is 2.86. The minimum absolute atomic E-state index is 0.428. The van der Waals surface area contributed by atoms with Crippen molar-refractivity contribution in [1.29, 1.82) is 0 Å². The van der Waals surface area contributed by atoms with Crippen LogP contribution in [0.25, 0.3) is 0 Å². The summed E-state index contributed by atoms with van der Waals surface area (Å²) in [6, 6.07) is 9.67. The monoisotopic (exact) mass is 329 g/mol. The maximum atomic E-state index is 11.0. The molecule has 24 heavy (non-hydrogen) atoms. The quantitative estimate of drug-likeness (QED) is 0.847. The van der Waals surface area contributed by atoms with E-state index in [2.05, 4.69) is 9.78 Å². The molecule has 1 fully saturated rings. The Labute approximate surface area is 141 Å². The number of carbonyl (C=O) groups excluding carboxylic acids is 1. The minimum Gasteiger partial charge on any atom is -0.487 e. The molecule has 1 aliphatic rings. The summed E-state index contributed by atoms with van der Waals surface area (Å²) in [4.78, 5) is 11.0. The van der Waals surface area contributed by atoms with Crippen LogP contribution in [0.4, 0.5) is 0 Å². The Morgan fingerprint density at radius 2 is 1.92 bits per heavy atom. The van der Waals surface area contributed by atoms with Gasteiger partial charge in [-0.25, -0.2) is 0 Å². The van der Waals surface area contributed by atoms with E-state index in [1.165, 1.54) is 25.7 Å². The van der Waals surface area contributed by atoms with Gasteiger partial charge in [0.05, 0.1) is 11.7 Å². The molecular formula is C18H23N3O3. The van der Waals surface area contributed by atoms with Crippen LogP contribution in [0.2, 0.25) is 0 Å². The Balaban J connectivity index is 1.52. The summed E-state index contributed by atoms with van der Waals surface area (Å²) in [5.74, 6) is 0.817. The van der Waals surface area contributed by atoms with Gasteiger partial charge in [0.25, 0.3) is 5.91 Å². The summed E-state index contributed by atoms with van der Waals surface area (Å²) >= 11 is 0. The standard InChI is InChI=1S/C18H23N3O3/c1-13(18(19)22)24-17-8-6-16(7-9-17)23-12-14-10-11-21(20-14)15-4-2-3-5-15/h6-11,13,15H,2-5,12H2,1H3,(H2,19,22)/t13-/m0/s1. The van der Waals surface area contributed by atoms with Crippen molar-refractivity contribution in [3.05, 3.63) is 42.2 Å². The third kappa shape index (κ3) is 4.07. The highest BCUT2D eigenvalue weighted by molar-refractivity contribution is 5.78. The molecule has 1 aromatic carbocycles. The molecule has 0 saturated heterocycles. The molecule has 0 unspecified atom stereocenters. The van der Waals surface area contributed by atoms with Crippen LogP contribution in [0.5, 0.6) is 11.5 Å². The molecule has 6 heteroatoms. The largest absolute Gasteiger partial charge is 0.487 e. The van der Waals surface area contributed by atoms with Crippen molar-refractivity contribution in [2.24, 2.45) is 5.73 Å². The van der Waals surface area contributed by atoms with Crippen molar-refractivity contribution in [3.63, 3.8) is 0 Å². The lowest BCUT2D eigenvalue weighted by atomic mass is 10.3. The highest BCUT2D eigenvalue weighted by atomic mass is 16.5. The number of carbonyl (C=O) groups is 1. The van der Waals surface area contributed by atoms with Crippen molar-refractivity contribution in [3.8, 4) is 11.5 Å². The number of ether oxygens (including phenoxy) is 2. The van der Waals surface area contributed by atoms with Gasteiger partial charge >= 0.3 is 0 Å². The summed E-state index contributed by atoms with van der Waals surface area (Å²) in [5.41, 5.74) is 6.10. The number of aromatic nitrogens is 2. The molecular weight excluding hydrogens is 306 g/mol. The number of benzene rings is 1. The van der Waals surface area contributed by atoms with Crippen molar-refractivity contribution in [1.82, 2.24) is 9.78 Å². The number of amides is 1. The fraction of sp³-hybridized carbons (Fsp3) is 0.444. The van der Waals surface area contributed by atoms with Crippen LogP contribution < -0.4 is 15.2 Å². The summed E-state index contributed by atoms with van der Waals surface area (Å²) in [7, 11) is 0. The van der Waals surface area contributed by atoms with Gasteiger partial charge in [0.2, 0.25) is 0 Å². The van der Waals surface area contributed by atoms with E-state index in [9.17, 15) is 4.79 Å². The number of hydrogen-bond donors (Lipinski definition) is 1. The maximum Gasteiger partial charge on any atom is 0.258 e. The molecule has 0 aliphatic heterocycles. The zero-order valence-electron chi connectivity index (χ0n) is 13.9. The zero-order valence-corrected chi connectivity index (χ0v) is 13.9. The molecule has 2 aromatic rings. The predicted molar refractivity (Wildman–Crippen MR) is 89.8 cm³/mol. The predicted octanol–water partition coefficient (Wildman–Crippen LogP) is 2.83. The van der Waals surface area contributed by atoms with E-state index in [1.807, 2.05) is 12.3 Å². The van der Waals surface area contributed by atoms with E-state index in [0.29, 0.717) is 18.4 Å². The molecule has 1 atom stereocenters. The first-order chi connectivity index (χ1) is 11.6. The molecule has 1 heterocycles. The maximum absolute atomic E-state index is 11.0. The number of rotatable bonds is 7. The van der Waals surface area contributed by atoms with Crippen LogP contribution in [-0.4, -0.2) is 21.8 Å². The van der Waals surface area contributed by atoms with Crippen molar-refractivity contribution in [2.75, 3.05) is 0 Å². The average Bonchev–Trinajstić information content (AvgIpc) is 3.25. The van der Waals surface area contributed by atoms with Gasteiger partial charge in [0.1, 0.15) is 18.1 Å². The molecule has 6 nitrogen and oxygen atoms in total. The second-order valence-corrected chi connectivity index (χ2v) is 6.15. The third-order valence-electron chi connectivity index (χ3n) is 4.29. The van der Waals surface area contributed by atoms with E-state index in [-0.39, 0.29) is 0 Å². The Morgan fingerprint density at radius 1 is 1.25 bits per heavy atom. The van der Waals surface area contributed by atoms with Crippen molar-refractivity contribution in [2.45, 2.75) is 51.4 Å². The Kier molecular flexibility index (Phi) is 5.03. The summed E-state index contributed by atoms with van der Waals surface area (Å²) in [6.07, 6.45) is 6.39. The smallest absolute Gasteiger partial charge is 0.258 e. The highest BCUT2D eigenvalue weighted by Gasteiger charge is 2.17.